The lowest BCUT2D eigenvalue weighted by Gasteiger charge is -2.20. The lowest BCUT2D eigenvalue weighted by molar-refractivity contribution is 0.202. The molecule has 13 heavy (non-hydrogen) atoms. The molecule has 5 heteroatoms. The highest BCUT2D eigenvalue weighted by Crippen LogP contribution is 2.21. The molecule has 1 aliphatic heterocycles. The van der Waals surface area contributed by atoms with Crippen molar-refractivity contribution in [1.29, 1.82) is 0 Å². The Kier molecular flexibility index (Phi) is 1.70. The van der Waals surface area contributed by atoms with Crippen molar-refractivity contribution in [3.05, 3.63) is 24.2 Å². The van der Waals surface area contributed by atoms with Gasteiger partial charge >= 0.3 is 6.09 Å². The predicted molar refractivity (Wildman–Crippen MR) is 46.4 cm³/mol. The third-order valence-corrected chi connectivity index (χ3v) is 1.79. The van der Waals surface area contributed by atoms with E-state index in [9.17, 15) is 4.79 Å². The van der Waals surface area contributed by atoms with Gasteiger partial charge < -0.3 is 5.11 Å². The summed E-state index contributed by atoms with van der Waals surface area (Å²) in [6.45, 7) is 0.347. The van der Waals surface area contributed by atoms with Crippen LogP contribution in [0.1, 0.15) is 5.56 Å². The summed E-state index contributed by atoms with van der Waals surface area (Å²) in [4.78, 5) is 19.6. The summed E-state index contributed by atoms with van der Waals surface area (Å²) >= 11 is 0. The smallest absolute Gasteiger partial charge is 0.413 e. The summed E-state index contributed by atoms with van der Waals surface area (Å²) in [6.07, 6.45) is 5.51. The van der Waals surface area contributed by atoms with E-state index in [4.69, 9.17) is 5.11 Å². The highest BCUT2D eigenvalue weighted by atomic mass is 16.4. The Bertz CT molecular complexity index is 375. The average molecular weight is 177 g/mol. The predicted octanol–water partition coefficient (Wildman–Crippen LogP) is 0.988. The van der Waals surface area contributed by atoms with E-state index < -0.39 is 6.09 Å². The van der Waals surface area contributed by atoms with Crippen molar-refractivity contribution < 1.29 is 9.90 Å². The molecular formula is C8H7N3O2. The monoisotopic (exact) mass is 177 g/mol. The lowest BCUT2D eigenvalue weighted by atomic mass is 10.2. The number of fused-ring (bicyclic) bond motifs is 1. The zero-order valence-electron chi connectivity index (χ0n) is 6.71. The minimum atomic E-state index is -0.996. The molecular weight excluding hydrogens is 170 g/mol. The molecule has 0 bridgehead atoms. The third kappa shape index (κ3) is 1.24. The van der Waals surface area contributed by atoms with Crippen LogP contribution in [0.2, 0.25) is 0 Å². The molecule has 0 aliphatic carbocycles. The van der Waals surface area contributed by atoms with E-state index in [-0.39, 0.29) is 0 Å². The maximum Gasteiger partial charge on any atom is 0.413 e. The Hall–Kier alpha value is -1.91. The highest BCUT2D eigenvalue weighted by molar-refractivity contribution is 5.89. The van der Waals surface area contributed by atoms with Gasteiger partial charge in [0.25, 0.3) is 0 Å². The molecule has 1 amide bonds. The molecule has 0 saturated carbocycles. The summed E-state index contributed by atoms with van der Waals surface area (Å²) in [5, 5.41) is 8.82. The molecule has 2 heterocycles. The van der Waals surface area contributed by atoms with Crippen molar-refractivity contribution >= 4 is 18.0 Å². The first-order valence-electron chi connectivity index (χ1n) is 3.76. The van der Waals surface area contributed by atoms with Gasteiger partial charge in [0.05, 0.1) is 0 Å². The van der Waals surface area contributed by atoms with E-state index in [1.54, 1.807) is 12.3 Å². The number of anilines is 1. The second-order valence-corrected chi connectivity index (χ2v) is 2.60. The minimum absolute atomic E-state index is 0.347. The van der Waals surface area contributed by atoms with E-state index in [0.29, 0.717) is 12.4 Å². The van der Waals surface area contributed by atoms with Crippen molar-refractivity contribution in [2.75, 3.05) is 11.4 Å². The second kappa shape index (κ2) is 2.85. The van der Waals surface area contributed by atoms with Gasteiger partial charge in [0.15, 0.2) is 0 Å². The Labute approximate surface area is 74.4 Å². The molecule has 1 N–H and O–H groups in total. The van der Waals surface area contributed by atoms with E-state index in [1.165, 1.54) is 11.2 Å². The third-order valence-electron chi connectivity index (χ3n) is 1.79. The van der Waals surface area contributed by atoms with Crippen LogP contribution in [0.15, 0.2) is 18.6 Å². The number of carbonyl (C=O) groups is 1. The van der Waals surface area contributed by atoms with Gasteiger partial charge in [-0.2, -0.15) is 0 Å². The Morgan fingerprint density at radius 1 is 1.62 bits per heavy atom. The van der Waals surface area contributed by atoms with Crippen molar-refractivity contribution in [3.8, 4) is 0 Å². The zero-order valence-corrected chi connectivity index (χ0v) is 6.71. The molecule has 1 aromatic heterocycles. The number of hydrogen-bond acceptors (Lipinski definition) is 3. The maximum atomic E-state index is 10.7. The largest absolute Gasteiger partial charge is 0.465 e. The number of nitrogens with zero attached hydrogens (tertiary/aromatic N) is 3. The number of rotatable bonds is 0. The van der Waals surface area contributed by atoms with Gasteiger partial charge in [-0.05, 0) is 0 Å². The zero-order chi connectivity index (χ0) is 9.26. The molecule has 5 nitrogen and oxygen atoms in total. The van der Waals surface area contributed by atoms with Crippen molar-refractivity contribution in [3.63, 3.8) is 0 Å². The molecule has 0 unspecified atom stereocenters. The second-order valence-electron chi connectivity index (χ2n) is 2.60. The summed E-state index contributed by atoms with van der Waals surface area (Å²) in [5.41, 5.74) is 0.733. The summed E-state index contributed by atoms with van der Waals surface area (Å²) in [7, 11) is 0. The fraction of sp³-hybridized carbons (Fsp3) is 0.125. The molecule has 0 radical (unpaired) electrons. The molecule has 1 aromatic rings. The van der Waals surface area contributed by atoms with Crippen LogP contribution in [-0.4, -0.2) is 27.7 Å². The van der Waals surface area contributed by atoms with Crippen LogP contribution in [0.25, 0.3) is 6.08 Å². The number of hydrogen-bond donors (Lipinski definition) is 1. The van der Waals surface area contributed by atoms with Crippen molar-refractivity contribution in [1.82, 2.24) is 9.97 Å². The van der Waals surface area contributed by atoms with E-state index in [0.717, 1.165) is 5.56 Å². The first kappa shape index (κ1) is 7.72. The van der Waals surface area contributed by atoms with Crippen molar-refractivity contribution in [2.45, 2.75) is 0 Å². The normalized spacial score (nSPS) is 14.0. The van der Waals surface area contributed by atoms with Gasteiger partial charge in [0.1, 0.15) is 12.1 Å². The van der Waals surface area contributed by atoms with Gasteiger partial charge in [0.2, 0.25) is 0 Å². The van der Waals surface area contributed by atoms with Crippen LogP contribution in [0.3, 0.4) is 0 Å². The molecule has 0 fully saturated rings. The Morgan fingerprint density at radius 2 is 2.46 bits per heavy atom. The highest BCUT2D eigenvalue weighted by Gasteiger charge is 2.19. The molecule has 0 atom stereocenters. The molecule has 66 valence electrons. The Morgan fingerprint density at radius 3 is 3.23 bits per heavy atom. The first-order valence-corrected chi connectivity index (χ1v) is 3.76. The Balaban J connectivity index is 2.49. The van der Waals surface area contributed by atoms with Crippen LogP contribution in [-0.2, 0) is 0 Å². The standard InChI is InChI=1S/C8H7N3O2/c12-8(13)11-3-1-2-6-4-9-5-10-7(6)11/h1-2,4-5H,3H2,(H,12,13). The van der Waals surface area contributed by atoms with Crippen molar-refractivity contribution in [2.24, 2.45) is 0 Å². The summed E-state index contributed by atoms with van der Waals surface area (Å²) in [5.74, 6) is 0.449. The van der Waals surface area contributed by atoms with Crippen LogP contribution >= 0.6 is 0 Å². The molecule has 0 aromatic carbocycles. The van der Waals surface area contributed by atoms with Gasteiger partial charge in [-0.1, -0.05) is 12.2 Å². The number of carboxylic acid groups (broad SMARTS) is 1. The number of amides is 1. The topological polar surface area (TPSA) is 66.3 Å². The molecule has 1 aliphatic rings. The molecule has 2 rings (SSSR count). The summed E-state index contributed by atoms with van der Waals surface area (Å²) in [6, 6.07) is 0. The van der Waals surface area contributed by atoms with Crippen LogP contribution in [0.5, 0.6) is 0 Å². The first-order chi connectivity index (χ1) is 6.29. The quantitative estimate of drug-likeness (QED) is 0.641. The van der Waals surface area contributed by atoms with Gasteiger partial charge in [-0.25, -0.2) is 14.8 Å². The van der Waals surface area contributed by atoms with E-state index in [2.05, 4.69) is 9.97 Å². The van der Waals surface area contributed by atoms with Crippen LogP contribution in [0, 0.1) is 0 Å². The fourth-order valence-corrected chi connectivity index (χ4v) is 1.22. The summed E-state index contributed by atoms with van der Waals surface area (Å²) < 4.78 is 0. The maximum absolute atomic E-state index is 10.7. The average Bonchev–Trinajstić information content (AvgIpc) is 2.17. The molecule has 0 saturated heterocycles. The lowest BCUT2D eigenvalue weighted by Crippen LogP contribution is -2.32. The van der Waals surface area contributed by atoms with Gasteiger partial charge in [-0.15, -0.1) is 0 Å². The minimum Gasteiger partial charge on any atom is -0.465 e. The fourth-order valence-electron chi connectivity index (χ4n) is 1.22. The van der Waals surface area contributed by atoms with Crippen LogP contribution in [0.4, 0.5) is 10.6 Å². The molecule has 0 spiro atoms. The SMILES string of the molecule is O=C(O)N1CC=Cc2cncnc21. The van der Waals surface area contributed by atoms with Crippen LogP contribution < -0.4 is 4.90 Å². The van der Waals surface area contributed by atoms with E-state index >= 15 is 0 Å². The van der Waals surface area contributed by atoms with Gasteiger partial charge in [-0.3, -0.25) is 4.90 Å². The van der Waals surface area contributed by atoms with Gasteiger partial charge in [0, 0.05) is 18.3 Å². The number of aromatic nitrogens is 2. The van der Waals surface area contributed by atoms with E-state index in [1.807, 2.05) is 6.08 Å².